The third-order valence-electron chi connectivity index (χ3n) is 2.71. The number of carbonyl (C=O) groups is 1. The summed E-state index contributed by atoms with van der Waals surface area (Å²) in [5.41, 5.74) is 8.27. The molecule has 16 heavy (non-hydrogen) atoms. The van der Waals surface area contributed by atoms with Gasteiger partial charge in [0.15, 0.2) is 0 Å². The van der Waals surface area contributed by atoms with Crippen LogP contribution in [0.5, 0.6) is 0 Å². The highest BCUT2D eigenvalue weighted by atomic mass is 16.5. The molecule has 0 amide bonds. The molecule has 0 radical (unpaired) electrons. The molecule has 0 fully saturated rings. The number of benzene rings is 1. The van der Waals surface area contributed by atoms with Crippen LogP contribution in [-0.2, 0) is 18.3 Å². The van der Waals surface area contributed by atoms with Crippen LogP contribution in [0.1, 0.15) is 15.9 Å². The van der Waals surface area contributed by atoms with Gasteiger partial charge in [0.05, 0.1) is 18.2 Å². The number of hydrogen-bond acceptors (Lipinski definition) is 3. The van der Waals surface area contributed by atoms with E-state index in [9.17, 15) is 4.79 Å². The van der Waals surface area contributed by atoms with Crippen LogP contribution < -0.4 is 5.73 Å². The molecule has 0 atom stereocenters. The van der Waals surface area contributed by atoms with E-state index < -0.39 is 0 Å². The van der Waals surface area contributed by atoms with Crippen molar-refractivity contribution in [2.24, 2.45) is 12.8 Å². The van der Waals surface area contributed by atoms with E-state index in [2.05, 4.69) is 0 Å². The van der Waals surface area contributed by atoms with E-state index >= 15 is 0 Å². The predicted octanol–water partition coefficient (Wildman–Crippen LogP) is 1.42. The number of ether oxygens (including phenoxy) is 1. The van der Waals surface area contributed by atoms with Gasteiger partial charge in [0.1, 0.15) is 0 Å². The van der Waals surface area contributed by atoms with Crippen LogP contribution in [0.2, 0.25) is 0 Å². The van der Waals surface area contributed by atoms with Crippen molar-refractivity contribution in [2.75, 3.05) is 7.11 Å². The summed E-state index contributed by atoms with van der Waals surface area (Å²) in [6, 6.07) is 5.76. The van der Waals surface area contributed by atoms with E-state index in [1.165, 1.54) is 7.11 Å². The van der Waals surface area contributed by atoms with Crippen molar-refractivity contribution in [3.8, 4) is 0 Å². The summed E-state index contributed by atoms with van der Waals surface area (Å²) in [6.07, 6.45) is 1.77. The van der Waals surface area contributed by atoms with Crippen molar-refractivity contribution in [2.45, 2.75) is 6.54 Å². The molecule has 0 aliphatic rings. The van der Waals surface area contributed by atoms with Gasteiger partial charge < -0.3 is 15.0 Å². The number of carbonyl (C=O) groups excluding carboxylic acids is 1. The van der Waals surface area contributed by atoms with Crippen LogP contribution in [0.4, 0.5) is 0 Å². The Morgan fingerprint density at radius 3 is 2.88 bits per heavy atom. The molecule has 1 aromatic heterocycles. The van der Waals surface area contributed by atoms with Gasteiger partial charge in [0.25, 0.3) is 0 Å². The summed E-state index contributed by atoms with van der Waals surface area (Å²) in [5, 5.41) is 0.886. The topological polar surface area (TPSA) is 57.2 Å². The number of fused-ring (bicyclic) bond motifs is 1. The number of nitrogens with zero attached hydrogens (tertiary/aromatic N) is 1. The number of aromatic nitrogens is 1. The second-order valence-corrected chi connectivity index (χ2v) is 3.66. The van der Waals surface area contributed by atoms with Gasteiger partial charge in [-0.25, -0.2) is 4.79 Å². The molecule has 84 valence electrons. The number of aryl methyl sites for hydroxylation is 1. The summed E-state index contributed by atoms with van der Waals surface area (Å²) in [7, 11) is 3.28. The molecule has 2 rings (SSSR count). The van der Waals surface area contributed by atoms with Crippen LogP contribution in [0.15, 0.2) is 24.4 Å². The third kappa shape index (κ3) is 1.47. The lowest BCUT2D eigenvalue weighted by Gasteiger charge is -2.02. The van der Waals surface area contributed by atoms with Gasteiger partial charge in [-0.15, -0.1) is 0 Å². The van der Waals surface area contributed by atoms with Crippen molar-refractivity contribution in [1.82, 2.24) is 4.57 Å². The number of esters is 1. The average Bonchev–Trinajstić information content (AvgIpc) is 2.66. The van der Waals surface area contributed by atoms with Crippen LogP contribution in [0.3, 0.4) is 0 Å². The fourth-order valence-electron chi connectivity index (χ4n) is 1.99. The maximum atomic E-state index is 11.6. The minimum absolute atomic E-state index is 0.320. The number of para-hydroxylation sites is 1. The summed E-state index contributed by atoms with van der Waals surface area (Å²) >= 11 is 0. The molecule has 0 unspecified atom stereocenters. The largest absolute Gasteiger partial charge is 0.465 e. The standard InChI is InChI=1S/C12H14N2O2/c1-14-7-10(12(15)16-2)9-5-3-4-8(6-13)11(9)14/h3-5,7H,6,13H2,1-2H3. The molecule has 0 aliphatic heterocycles. The molecular formula is C12H14N2O2. The molecular weight excluding hydrogens is 204 g/mol. The fraction of sp³-hybridized carbons (Fsp3) is 0.250. The molecule has 0 spiro atoms. The smallest absolute Gasteiger partial charge is 0.340 e. The summed E-state index contributed by atoms with van der Waals surface area (Å²) in [6.45, 7) is 0.454. The number of hydrogen-bond donors (Lipinski definition) is 1. The second kappa shape index (κ2) is 3.98. The summed E-state index contributed by atoms with van der Waals surface area (Å²) in [4.78, 5) is 11.6. The number of nitrogens with two attached hydrogens (primary N) is 1. The molecule has 0 saturated carbocycles. The minimum Gasteiger partial charge on any atom is -0.465 e. The predicted molar refractivity (Wildman–Crippen MR) is 62.1 cm³/mol. The van der Waals surface area contributed by atoms with E-state index in [4.69, 9.17) is 10.5 Å². The van der Waals surface area contributed by atoms with Crippen LogP contribution >= 0.6 is 0 Å². The van der Waals surface area contributed by atoms with E-state index in [0.717, 1.165) is 16.5 Å². The average molecular weight is 218 g/mol. The molecule has 1 heterocycles. The molecule has 0 saturated heterocycles. The van der Waals surface area contributed by atoms with Crippen molar-refractivity contribution in [3.05, 3.63) is 35.5 Å². The number of methoxy groups -OCH3 is 1. The lowest BCUT2D eigenvalue weighted by atomic mass is 10.1. The first-order chi connectivity index (χ1) is 7.69. The van der Waals surface area contributed by atoms with Gasteiger partial charge in [0.2, 0.25) is 0 Å². The molecule has 2 aromatic rings. The maximum Gasteiger partial charge on any atom is 0.340 e. The zero-order valence-corrected chi connectivity index (χ0v) is 9.36. The highest BCUT2D eigenvalue weighted by molar-refractivity contribution is 6.05. The van der Waals surface area contributed by atoms with Crippen molar-refractivity contribution in [3.63, 3.8) is 0 Å². The third-order valence-corrected chi connectivity index (χ3v) is 2.71. The Bertz CT molecular complexity index is 543. The van der Waals surface area contributed by atoms with E-state index in [1.54, 1.807) is 6.20 Å². The first-order valence-electron chi connectivity index (χ1n) is 5.04. The first-order valence-corrected chi connectivity index (χ1v) is 5.04. The zero-order chi connectivity index (χ0) is 11.7. The molecule has 4 nitrogen and oxygen atoms in total. The van der Waals surface area contributed by atoms with Gasteiger partial charge in [0, 0.05) is 25.2 Å². The monoisotopic (exact) mass is 218 g/mol. The highest BCUT2D eigenvalue weighted by Gasteiger charge is 2.15. The van der Waals surface area contributed by atoms with E-state index in [-0.39, 0.29) is 5.97 Å². The van der Waals surface area contributed by atoms with Gasteiger partial charge in [-0.1, -0.05) is 18.2 Å². The van der Waals surface area contributed by atoms with E-state index in [0.29, 0.717) is 12.1 Å². The van der Waals surface area contributed by atoms with Gasteiger partial charge in [-0.3, -0.25) is 0 Å². The molecule has 0 bridgehead atoms. The van der Waals surface area contributed by atoms with Crippen LogP contribution in [0.25, 0.3) is 10.9 Å². The Morgan fingerprint density at radius 1 is 1.50 bits per heavy atom. The Kier molecular flexibility index (Phi) is 2.66. The summed E-state index contributed by atoms with van der Waals surface area (Å²) < 4.78 is 6.65. The Morgan fingerprint density at radius 2 is 2.25 bits per heavy atom. The highest BCUT2D eigenvalue weighted by Crippen LogP contribution is 2.24. The minimum atomic E-state index is -0.320. The van der Waals surface area contributed by atoms with Crippen LogP contribution in [-0.4, -0.2) is 17.6 Å². The quantitative estimate of drug-likeness (QED) is 0.776. The lowest BCUT2D eigenvalue weighted by Crippen LogP contribution is -2.00. The fourth-order valence-corrected chi connectivity index (χ4v) is 1.99. The van der Waals surface area contributed by atoms with Crippen molar-refractivity contribution < 1.29 is 9.53 Å². The Balaban J connectivity index is 2.76. The van der Waals surface area contributed by atoms with Crippen molar-refractivity contribution in [1.29, 1.82) is 0 Å². The van der Waals surface area contributed by atoms with Gasteiger partial charge >= 0.3 is 5.97 Å². The molecule has 4 heteroatoms. The first kappa shape index (κ1) is 10.7. The van der Waals surface area contributed by atoms with Crippen LogP contribution in [0, 0.1) is 0 Å². The summed E-state index contributed by atoms with van der Waals surface area (Å²) in [5.74, 6) is -0.320. The van der Waals surface area contributed by atoms with Gasteiger partial charge in [-0.05, 0) is 5.56 Å². The van der Waals surface area contributed by atoms with Gasteiger partial charge in [-0.2, -0.15) is 0 Å². The Labute approximate surface area is 93.6 Å². The van der Waals surface area contributed by atoms with E-state index in [1.807, 2.05) is 29.8 Å². The molecule has 0 aliphatic carbocycles. The zero-order valence-electron chi connectivity index (χ0n) is 9.36. The number of rotatable bonds is 2. The molecule has 2 N–H and O–H groups in total. The lowest BCUT2D eigenvalue weighted by molar-refractivity contribution is 0.0603. The Hall–Kier alpha value is -1.81. The van der Waals surface area contributed by atoms with Crippen molar-refractivity contribution >= 4 is 16.9 Å². The second-order valence-electron chi connectivity index (χ2n) is 3.66. The molecule has 1 aromatic carbocycles. The SMILES string of the molecule is COC(=O)c1cn(C)c2c(CN)cccc12. The maximum absolute atomic E-state index is 11.6. The normalized spacial score (nSPS) is 10.7.